The molecule has 0 radical (unpaired) electrons. The van der Waals surface area contributed by atoms with Gasteiger partial charge in [-0.15, -0.1) is 0 Å². The van der Waals surface area contributed by atoms with Crippen LogP contribution in [-0.4, -0.2) is 35.6 Å². The van der Waals surface area contributed by atoms with Crippen LogP contribution in [0.15, 0.2) is 12.3 Å². The molecule has 7 heteroatoms. The summed E-state index contributed by atoms with van der Waals surface area (Å²) in [6.45, 7) is 3.99. The van der Waals surface area contributed by atoms with E-state index >= 15 is 0 Å². The molecule has 2 rings (SSSR count). The summed E-state index contributed by atoms with van der Waals surface area (Å²) in [6, 6.07) is 0.975. The summed E-state index contributed by atoms with van der Waals surface area (Å²) in [5.41, 5.74) is -0.895. The minimum atomic E-state index is -4.42. The van der Waals surface area contributed by atoms with Gasteiger partial charge in [0.05, 0.1) is 0 Å². The fraction of sp³-hybridized carbons (Fsp3) is 0.600. The lowest BCUT2D eigenvalue weighted by Gasteiger charge is -2.34. The van der Waals surface area contributed by atoms with Crippen LogP contribution in [0.1, 0.15) is 12.6 Å². The Morgan fingerprint density at radius 1 is 1.47 bits per heavy atom. The molecule has 4 nitrogen and oxygen atoms in total. The Balaban J connectivity index is 2.26. The van der Waals surface area contributed by atoms with E-state index in [-0.39, 0.29) is 12.0 Å². The number of hydrogen-bond donors (Lipinski definition) is 1. The lowest BCUT2D eigenvalue weighted by molar-refractivity contribution is -0.141. The van der Waals surface area contributed by atoms with E-state index in [0.717, 1.165) is 25.4 Å². The number of anilines is 1. The summed E-state index contributed by atoms with van der Waals surface area (Å²) in [7, 11) is 0. The average molecular weight is 246 g/mol. The largest absolute Gasteiger partial charge is 0.433 e. The molecule has 0 bridgehead atoms. The van der Waals surface area contributed by atoms with Gasteiger partial charge in [-0.25, -0.2) is 9.97 Å². The molecule has 1 aromatic rings. The van der Waals surface area contributed by atoms with E-state index < -0.39 is 11.9 Å². The molecule has 1 saturated heterocycles. The van der Waals surface area contributed by atoms with Crippen LogP contribution in [0.25, 0.3) is 0 Å². The number of nitrogens with zero attached hydrogens (tertiary/aromatic N) is 3. The van der Waals surface area contributed by atoms with Crippen molar-refractivity contribution in [2.24, 2.45) is 0 Å². The van der Waals surface area contributed by atoms with Gasteiger partial charge in [0, 0.05) is 31.9 Å². The molecule has 0 aromatic carbocycles. The Morgan fingerprint density at radius 3 is 2.88 bits per heavy atom. The Morgan fingerprint density at radius 2 is 2.24 bits per heavy atom. The zero-order valence-electron chi connectivity index (χ0n) is 9.33. The smallest absolute Gasteiger partial charge is 0.336 e. The predicted molar refractivity (Wildman–Crippen MR) is 56.7 cm³/mol. The SMILES string of the molecule is C[C@@H]1CNCCN1c1nccc(C(F)(F)F)n1. The van der Waals surface area contributed by atoms with Gasteiger partial charge in [-0.3, -0.25) is 0 Å². The highest BCUT2D eigenvalue weighted by atomic mass is 19.4. The molecule has 1 aliphatic rings. The van der Waals surface area contributed by atoms with E-state index in [1.165, 1.54) is 0 Å². The molecule has 0 spiro atoms. The number of rotatable bonds is 1. The van der Waals surface area contributed by atoms with Gasteiger partial charge in [-0.05, 0) is 13.0 Å². The molecule has 0 aliphatic carbocycles. The molecule has 1 aliphatic heterocycles. The molecule has 1 atom stereocenters. The highest BCUT2D eigenvalue weighted by molar-refractivity contribution is 5.33. The second kappa shape index (κ2) is 4.48. The van der Waals surface area contributed by atoms with E-state index in [9.17, 15) is 13.2 Å². The summed E-state index contributed by atoms with van der Waals surface area (Å²) < 4.78 is 37.5. The van der Waals surface area contributed by atoms with Gasteiger partial charge < -0.3 is 10.2 Å². The number of piperazine rings is 1. The van der Waals surface area contributed by atoms with Crippen molar-refractivity contribution in [3.05, 3.63) is 18.0 Å². The number of hydrogen-bond acceptors (Lipinski definition) is 4. The third kappa shape index (κ3) is 2.66. The maximum Gasteiger partial charge on any atom is 0.433 e. The molecular formula is C10H13F3N4. The Labute approximate surface area is 96.9 Å². The molecular weight excluding hydrogens is 233 g/mol. The second-order valence-corrected chi connectivity index (χ2v) is 3.99. The Kier molecular flexibility index (Phi) is 3.19. The van der Waals surface area contributed by atoms with E-state index in [1.807, 2.05) is 6.92 Å². The minimum absolute atomic E-state index is 0.0900. The fourth-order valence-corrected chi connectivity index (χ4v) is 1.78. The molecule has 1 N–H and O–H groups in total. The van der Waals surface area contributed by atoms with Crippen molar-refractivity contribution in [1.82, 2.24) is 15.3 Å². The minimum Gasteiger partial charge on any atom is -0.336 e. The van der Waals surface area contributed by atoms with Gasteiger partial charge in [0.2, 0.25) is 5.95 Å². The van der Waals surface area contributed by atoms with Gasteiger partial charge in [0.1, 0.15) is 5.69 Å². The van der Waals surface area contributed by atoms with Gasteiger partial charge >= 0.3 is 6.18 Å². The Hall–Kier alpha value is -1.37. The van der Waals surface area contributed by atoms with Gasteiger partial charge in [-0.2, -0.15) is 13.2 Å². The van der Waals surface area contributed by atoms with Crippen LogP contribution >= 0.6 is 0 Å². The molecule has 94 valence electrons. The highest BCUT2D eigenvalue weighted by Crippen LogP contribution is 2.28. The molecule has 1 fully saturated rings. The molecule has 17 heavy (non-hydrogen) atoms. The summed E-state index contributed by atoms with van der Waals surface area (Å²) in [6.07, 6.45) is -3.27. The molecule has 0 unspecified atom stereocenters. The quantitative estimate of drug-likeness (QED) is 0.810. The van der Waals surface area contributed by atoms with E-state index in [2.05, 4.69) is 15.3 Å². The van der Waals surface area contributed by atoms with Crippen LogP contribution in [0.3, 0.4) is 0 Å². The molecule has 2 heterocycles. The van der Waals surface area contributed by atoms with E-state index in [0.29, 0.717) is 6.54 Å². The van der Waals surface area contributed by atoms with Crippen molar-refractivity contribution in [2.45, 2.75) is 19.1 Å². The zero-order valence-corrected chi connectivity index (χ0v) is 9.33. The predicted octanol–water partition coefficient (Wildman–Crippen LogP) is 1.29. The first kappa shape index (κ1) is 12.1. The van der Waals surface area contributed by atoms with Crippen LogP contribution in [0, 0.1) is 0 Å². The average Bonchev–Trinajstić information content (AvgIpc) is 2.29. The van der Waals surface area contributed by atoms with Crippen LogP contribution < -0.4 is 10.2 Å². The van der Waals surface area contributed by atoms with Crippen molar-refractivity contribution >= 4 is 5.95 Å². The number of aromatic nitrogens is 2. The summed E-state index contributed by atoms with van der Waals surface area (Å²) >= 11 is 0. The highest BCUT2D eigenvalue weighted by Gasteiger charge is 2.33. The lowest BCUT2D eigenvalue weighted by atomic mass is 10.2. The second-order valence-electron chi connectivity index (χ2n) is 3.99. The monoisotopic (exact) mass is 246 g/mol. The number of halogens is 3. The van der Waals surface area contributed by atoms with Crippen molar-refractivity contribution in [1.29, 1.82) is 0 Å². The van der Waals surface area contributed by atoms with Gasteiger partial charge in [-0.1, -0.05) is 0 Å². The fourth-order valence-electron chi connectivity index (χ4n) is 1.78. The van der Waals surface area contributed by atoms with E-state index in [1.54, 1.807) is 4.90 Å². The van der Waals surface area contributed by atoms with Crippen LogP contribution in [0.4, 0.5) is 19.1 Å². The molecule has 0 saturated carbocycles. The summed E-state index contributed by atoms with van der Waals surface area (Å²) in [5, 5.41) is 3.16. The van der Waals surface area contributed by atoms with Crippen LogP contribution in [0.5, 0.6) is 0 Å². The lowest BCUT2D eigenvalue weighted by Crippen LogP contribution is -2.50. The third-order valence-corrected chi connectivity index (χ3v) is 2.69. The topological polar surface area (TPSA) is 41.0 Å². The maximum absolute atomic E-state index is 12.5. The first-order valence-corrected chi connectivity index (χ1v) is 5.36. The van der Waals surface area contributed by atoms with Crippen molar-refractivity contribution in [2.75, 3.05) is 24.5 Å². The van der Waals surface area contributed by atoms with Crippen LogP contribution in [0.2, 0.25) is 0 Å². The number of nitrogens with one attached hydrogen (secondary N) is 1. The number of alkyl halides is 3. The summed E-state index contributed by atoms with van der Waals surface area (Å²) in [4.78, 5) is 9.28. The Bertz CT molecular complexity index is 393. The van der Waals surface area contributed by atoms with Crippen molar-refractivity contribution in [3.63, 3.8) is 0 Å². The standard InChI is InChI=1S/C10H13F3N4/c1-7-6-14-4-5-17(7)9-15-3-2-8(16-9)10(11,12)13/h2-3,7,14H,4-6H2,1H3/t7-/m1/s1. The normalized spacial score (nSPS) is 21.6. The van der Waals surface area contributed by atoms with Crippen LogP contribution in [-0.2, 0) is 6.18 Å². The van der Waals surface area contributed by atoms with Crippen molar-refractivity contribution in [3.8, 4) is 0 Å². The van der Waals surface area contributed by atoms with Crippen molar-refractivity contribution < 1.29 is 13.2 Å². The molecule has 0 amide bonds. The van der Waals surface area contributed by atoms with Gasteiger partial charge in [0.25, 0.3) is 0 Å². The zero-order chi connectivity index (χ0) is 12.5. The summed E-state index contributed by atoms with van der Waals surface area (Å²) in [5.74, 6) is 0.147. The third-order valence-electron chi connectivity index (χ3n) is 2.69. The van der Waals surface area contributed by atoms with Gasteiger partial charge in [0.15, 0.2) is 0 Å². The maximum atomic E-state index is 12.5. The van der Waals surface area contributed by atoms with E-state index in [4.69, 9.17) is 0 Å². The first-order valence-electron chi connectivity index (χ1n) is 5.36. The first-order chi connectivity index (χ1) is 7.98. The molecule has 1 aromatic heterocycles.